The molecule has 1 fully saturated rings. The molecule has 1 aliphatic rings. The van der Waals surface area contributed by atoms with Crippen LogP contribution in [0.1, 0.15) is 24.0 Å². The molecule has 0 spiro atoms. The number of nitrogens with zero attached hydrogens (tertiary/aromatic N) is 1. The van der Waals surface area contributed by atoms with Crippen molar-refractivity contribution >= 4 is 34.8 Å². The third-order valence-electron chi connectivity index (χ3n) is 4.20. The van der Waals surface area contributed by atoms with Crippen LogP contribution in [0.4, 0.5) is 5.13 Å². The zero-order valence-electron chi connectivity index (χ0n) is 13.7. The van der Waals surface area contributed by atoms with E-state index in [0.29, 0.717) is 18.1 Å². The van der Waals surface area contributed by atoms with E-state index in [4.69, 9.17) is 10.5 Å². The maximum Gasteiger partial charge on any atom is 0.255 e. The summed E-state index contributed by atoms with van der Waals surface area (Å²) in [5.74, 6) is -0.137. The molecule has 1 aliphatic heterocycles. The fourth-order valence-corrected chi connectivity index (χ4v) is 3.34. The molecule has 0 aliphatic carbocycles. The molecular weight excluding hydrogens is 346 g/mol. The SMILES string of the molecule is Cc1ccc(-c2csc(NC(=O)[C@@H]3CC[C@H](CN)O3)n2)cc1C.Cl. The first kappa shape index (κ1) is 18.9. The van der Waals surface area contributed by atoms with Gasteiger partial charge < -0.3 is 10.5 Å². The van der Waals surface area contributed by atoms with E-state index in [-0.39, 0.29) is 24.4 Å². The summed E-state index contributed by atoms with van der Waals surface area (Å²) in [7, 11) is 0. The predicted octanol–water partition coefficient (Wildman–Crippen LogP) is 3.29. The van der Waals surface area contributed by atoms with Crippen LogP contribution in [-0.4, -0.2) is 29.6 Å². The minimum Gasteiger partial charge on any atom is -0.364 e. The smallest absolute Gasteiger partial charge is 0.255 e. The Balaban J connectivity index is 0.00000208. The molecular formula is C17H22ClN3O2S. The number of aromatic nitrogens is 1. The monoisotopic (exact) mass is 367 g/mol. The first-order chi connectivity index (χ1) is 11.1. The number of nitrogens with one attached hydrogen (secondary N) is 1. The number of rotatable bonds is 4. The minimum atomic E-state index is -0.419. The summed E-state index contributed by atoms with van der Waals surface area (Å²) < 4.78 is 5.60. The Morgan fingerprint density at radius 1 is 1.38 bits per heavy atom. The van der Waals surface area contributed by atoms with E-state index >= 15 is 0 Å². The van der Waals surface area contributed by atoms with Gasteiger partial charge in [-0.2, -0.15) is 0 Å². The molecule has 1 amide bonds. The molecule has 1 aromatic carbocycles. The standard InChI is InChI=1S/C17H21N3O2S.ClH/c1-10-3-4-12(7-11(10)2)14-9-23-17(19-14)20-16(21)15-6-5-13(8-18)22-15;/h3-4,7,9,13,15H,5-6,8,18H2,1-2H3,(H,19,20,21);1H/t13-,15+;/m1./s1. The zero-order valence-corrected chi connectivity index (χ0v) is 15.4. The van der Waals surface area contributed by atoms with Crippen molar-refractivity contribution in [1.82, 2.24) is 4.98 Å². The van der Waals surface area contributed by atoms with Crippen LogP contribution in [-0.2, 0) is 9.53 Å². The first-order valence-corrected chi connectivity index (χ1v) is 8.64. The summed E-state index contributed by atoms with van der Waals surface area (Å²) in [4.78, 5) is 16.7. The van der Waals surface area contributed by atoms with Crippen molar-refractivity contribution in [2.75, 3.05) is 11.9 Å². The molecule has 0 saturated carbocycles. The number of anilines is 1. The Labute approximate surface area is 152 Å². The summed E-state index contributed by atoms with van der Waals surface area (Å²) in [6.07, 6.45) is 1.12. The van der Waals surface area contributed by atoms with Crippen molar-refractivity contribution < 1.29 is 9.53 Å². The highest BCUT2D eigenvalue weighted by molar-refractivity contribution is 7.14. The van der Waals surface area contributed by atoms with Crippen molar-refractivity contribution in [2.24, 2.45) is 5.73 Å². The van der Waals surface area contributed by atoms with Crippen LogP contribution in [0.3, 0.4) is 0 Å². The lowest BCUT2D eigenvalue weighted by atomic mass is 10.1. The quantitative estimate of drug-likeness (QED) is 0.869. The number of benzene rings is 1. The average Bonchev–Trinajstić information content (AvgIpc) is 3.19. The highest BCUT2D eigenvalue weighted by Crippen LogP contribution is 2.27. The number of ether oxygens (including phenoxy) is 1. The van der Waals surface area contributed by atoms with Crippen LogP contribution in [0.15, 0.2) is 23.6 Å². The number of hydrogen-bond donors (Lipinski definition) is 2. The molecule has 1 saturated heterocycles. The second-order valence-electron chi connectivity index (χ2n) is 5.89. The van der Waals surface area contributed by atoms with Crippen LogP contribution in [0.5, 0.6) is 0 Å². The topological polar surface area (TPSA) is 77.2 Å². The van der Waals surface area contributed by atoms with Crippen molar-refractivity contribution in [1.29, 1.82) is 0 Å². The largest absolute Gasteiger partial charge is 0.364 e. The van der Waals surface area contributed by atoms with Gasteiger partial charge in [-0.1, -0.05) is 12.1 Å². The maximum atomic E-state index is 12.2. The van der Waals surface area contributed by atoms with Gasteiger partial charge in [0.25, 0.3) is 5.91 Å². The highest BCUT2D eigenvalue weighted by atomic mass is 35.5. The number of amides is 1. The third-order valence-corrected chi connectivity index (χ3v) is 4.96. The molecule has 5 nitrogen and oxygen atoms in total. The van der Waals surface area contributed by atoms with Crippen molar-refractivity contribution in [3.8, 4) is 11.3 Å². The lowest BCUT2D eigenvalue weighted by Gasteiger charge is -2.11. The average molecular weight is 368 g/mol. The van der Waals surface area contributed by atoms with E-state index in [1.165, 1.54) is 22.5 Å². The van der Waals surface area contributed by atoms with Gasteiger partial charge in [0, 0.05) is 17.5 Å². The summed E-state index contributed by atoms with van der Waals surface area (Å²) in [6.45, 7) is 4.62. The molecule has 1 aromatic heterocycles. The van der Waals surface area contributed by atoms with E-state index in [1.54, 1.807) is 0 Å². The molecule has 0 unspecified atom stereocenters. The van der Waals surface area contributed by atoms with Crippen molar-refractivity contribution in [3.05, 3.63) is 34.7 Å². The molecule has 3 N–H and O–H groups in total. The maximum absolute atomic E-state index is 12.2. The summed E-state index contributed by atoms with van der Waals surface area (Å²) >= 11 is 1.42. The van der Waals surface area contributed by atoms with Crippen LogP contribution >= 0.6 is 23.7 Å². The number of carbonyl (C=O) groups is 1. The van der Waals surface area contributed by atoms with E-state index in [9.17, 15) is 4.79 Å². The molecule has 24 heavy (non-hydrogen) atoms. The van der Waals surface area contributed by atoms with Gasteiger partial charge in [0.05, 0.1) is 11.8 Å². The third kappa shape index (κ3) is 4.13. The Bertz CT molecular complexity index is 720. The molecule has 3 rings (SSSR count). The molecule has 130 valence electrons. The molecule has 2 atom stereocenters. The highest BCUT2D eigenvalue weighted by Gasteiger charge is 2.30. The number of carbonyl (C=O) groups excluding carboxylic acids is 1. The van der Waals surface area contributed by atoms with Gasteiger partial charge in [-0.3, -0.25) is 10.1 Å². The van der Waals surface area contributed by atoms with Crippen LogP contribution in [0.2, 0.25) is 0 Å². The van der Waals surface area contributed by atoms with E-state index in [1.807, 2.05) is 5.38 Å². The number of hydrogen-bond acceptors (Lipinski definition) is 5. The Hall–Kier alpha value is -1.47. The van der Waals surface area contributed by atoms with Gasteiger partial charge in [0.2, 0.25) is 0 Å². The van der Waals surface area contributed by atoms with Crippen LogP contribution in [0, 0.1) is 13.8 Å². The number of halogens is 1. The van der Waals surface area contributed by atoms with Crippen molar-refractivity contribution in [2.45, 2.75) is 38.9 Å². The number of nitrogens with two attached hydrogens (primary N) is 1. The number of thiazole rings is 1. The molecule has 0 bridgehead atoms. The van der Waals surface area contributed by atoms with E-state index in [2.05, 4.69) is 42.3 Å². The number of aryl methyl sites for hydroxylation is 2. The Morgan fingerprint density at radius 3 is 2.83 bits per heavy atom. The van der Waals surface area contributed by atoms with Gasteiger partial charge in [0.1, 0.15) is 6.10 Å². The van der Waals surface area contributed by atoms with Gasteiger partial charge in [-0.05, 0) is 43.9 Å². The second kappa shape index (κ2) is 8.07. The Kier molecular flexibility index (Phi) is 6.34. The molecule has 7 heteroatoms. The van der Waals surface area contributed by atoms with Gasteiger partial charge in [0.15, 0.2) is 5.13 Å². The Morgan fingerprint density at radius 2 is 2.17 bits per heavy atom. The lowest BCUT2D eigenvalue weighted by molar-refractivity contribution is -0.126. The fourth-order valence-electron chi connectivity index (χ4n) is 2.62. The first-order valence-electron chi connectivity index (χ1n) is 7.76. The van der Waals surface area contributed by atoms with Crippen LogP contribution < -0.4 is 11.1 Å². The lowest BCUT2D eigenvalue weighted by Crippen LogP contribution is -2.29. The second-order valence-corrected chi connectivity index (χ2v) is 6.74. The van der Waals surface area contributed by atoms with Gasteiger partial charge >= 0.3 is 0 Å². The normalized spacial score (nSPS) is 19.8. The van der Waals surface area contributed by atoms with Gasteiger partial charge in [-0.25, -0.2) is 4.98 Å². The van der Waals surface area contributed by atoms with Crippen molar-refractivity contribution in [3.63, 3.8) is 0 Å². The van der Waals surface area contributed by atoms with E-state index in [0.717, 1.165) is 17.7 Å². The predicted molar refractivity (Wildman–Crippen MR) is 99.9 cm³/mol. The zero-order chi connectivity index (χ0) is 16.4. The summed E-state index contributed by atoms with van der Waals surface area (Å²) in [5, 5.41) is 5.40. The molecule has 0 radical (unpaired) electrons. The summed E-state index contributed by atoms with van der Waals surface area (Å²) in [5.41, 5.74) is 9.99. The van der Waals surface area contributed by atoms with Crippen LogP contribution in [0.25, 0.3) is 11.3 Å². The van der Waals surface area contributed by atoms with E-state index < -0.39 is 6.10 Å². The minimum absolute atomic E-state index is 0. The molecule has 2 heterocycles. The summed E-state index contributed by atoms with van der Waals surface area (Å²) in [6, 6.07) is 6.25. The van der Waals surface area contributed by atoms with Gasteiger partial charge in [-0.15, -0.1) is 23.7 Å². The molecule has 2 aromatic rings. The fraction of sp³-hybridized carbons (Fsp3) is 0.412.